The quantitative estimate of drug-likeness (QED) is 0.619. The van der Waals surface area contributed by atoms with Gasteiger partial charge in [0.1, 0.15) is 0 Å². The van der Waals surface area contributed by atoms with Gasteiger partial charge in [-0.05, 0) is 37.5 Å². The van der Waals surface area contributed by atoms with E-state index < -0.39 is 9.84 Å². The van der Waals surface area contributed by atoms with Gasteiger partial charge in [-0.25, -0.2) is 8.42 Å². The fourth-order valence-corrected chi connectivity index (χ4v) is 5.54. The molecule has 2 aliphatic heterocycles. The minimum Gasteiger partial charge on any atom is -0.368 e. The second-order valence-corrected chi connectivity index (χ2v) is 9.58. The van der Waals surface area contributed by atoms with Crippen molar-refractivity contribution in [2.24, 2.45) is 10.9 Å². The molecule has 6 nitrogen and oxygen atoms in total. The van der Waals surface area contributed by atoms with E-state index in [0.717, 1.165) is 55.8 Å². The number of benzene rings is 1. The van der Waals surface area contributed by atoms with Crippen LogP contribution in [0, 0.1) is 5.92 Å². The third kappa shape index (κ3) is 5.04. The lowest BCUT2D eigenvalue weighted by Gasteiger charge is -2.37. The first-order valence-corrected chi connectivity index (χ1v) is 11.4. The Bertz CT molecular complexity index is 745. The SMILES string of the molecule is CCNC(=NCC1CCS(=O)(=O)C1)N1CCN(c2cccc(Cl)c2)CC1. The molecule has 0 amide bonds. The van der Waals surface area contributed by atoms with Crippen LogP contribution in [0.2, 0.25) is 5.02 Å². The van der Waals surface area contributed by atoms with Crippen molar-refractivity contribution in [3.63, 3.8) is 0 Å². The first kappa shape index (κ1) is 19.3. The molecule has 1 atom stereocenters. The highest BCUT2D eigenvalue weighted by Crippen LogP contribution is 2.21. The molecule has 2 saturated heterocycles. The lowest BCUT2D eigenvalue weighted by Crippen LogP contribution is -2.52. The zero-order valence-electron chi connectivity index (χ0n) is 15.2. The molecule has 144 valence electrons. The first-order chi connectivity index (χ1) is 12.5. The molecule has 0 aromatic heterocycles. The summed E-state index contributed by atoms with van der Waals surface area (Å²) in [6.07, 6.45) is 0.730. The molecule has 2 fully saturated rings. The summed E-state index contributed by atoms with van der Waals surface area (Å²) in [5.41, 5.74) is 1.15. The average Bonchev–Trinajstić information content (AvgIpc) is 2.98. The third-order valence-electron chi connectivity index (χ3n) is 4.91. The number of aliphatic imine (C=N–C) groups is 1. The average molecular weight is 399 g/mol. The molecule has 1 unspecified atom stereocenters. The summed E-state index contributed by atoms with van der Waals surface area (Å²) < 4.78 is 23.2. The third-order valence-corrected chi connectivity index (χ3v) is 6.99. The maximum absolute atomic E-state index is 11.6. The van der Waals surface area contributed by atoms with Crippen LogP contribution in [0.5, 0.6) is 0 Å². The minimum absolute atomic E-state index is 0.154. The lowest BCUT2D eigenvalue weighted by molar-refractivity contribution is 0.371. The van der Waals surface area contributed by atoms with Crippen LogP contribution in [0.4, 0.5) is 5.69 Å². The van der Waals surface area contributed by atoms with Crippen LogP contribution < -0.4 is 10.2 Å². The Labute approximate surface area is 161 Å². The lowest BCUT2D eigenvalue weighted by atomic mass is 10.1. The maximum atomic E-state index is 11.6. The van der Waals surface area contributed by atoms with Crippen LogP contribution in [0.3, 0.4) is 0 Å². The van der Waals surface area contributed by atoms with Gasteiger partial charge >= 0.3 is 0 Å². The number of hydrogen-bond donors (Lipinski definition) is 1. The van der Waals surface area contributed by atoms with E-state index in [-0.39, 0.29) is 11.7 Å². The molecule has 0 bridgehead atoms. The van der Waals surface area contributed by atoms with Crippen LogP contribution in [0.25, 0.3) is 0 Å². The van der Waals surface area contributed by atoms with Crippen LogP contribution >= 0.6 is 11.6 Å². The zero-order chi connectivity index (χ0) is 18.6. The molecular formula is C18H27ClN4O2S. The molecule has 0 saturated carbocycles. The van der Waals surface area contributed by atoms with Gasteiger partial charge in [-0.2, -0.15) is 0 Å². The largest absolute Gasteiger partial charge is 0.368 e. The van der Waals surface area contributed by atoms with Crippen LogP contribution in [-0.4, -0.2) is 70.1 Å². The standard InChI is InChI=1S/C18H27ClN4O2S/c1-2-20-18(21-13-15-6-11-26(24,25)14-15)23-9-7-22(8-10-23)17-5-3-4-16(19)12-17/h3-5,12,15H,2,6-11,13-14H2,1H3,(H,20,21). The second kappa shape index (κ2) is 8.48. The molecule has 1 aromatic carbocycles. The highest BCUT2D eigenvalue weighted by atomic mass is 35.5. The van der Waals surface area contributed by atoms with E-state index in [1.54, 1.807) is 0 Å². The number of rotatable bonds is 4. The molecular weight excluding hydrogens is 372 g/mol. The molecule has 0 aliphatic carbocycles. The smallest absolute Gasteiger partial charge is 0.194 e. The van der Waals surface area contributed by atoms with Gasteiger partial charge in [0.15, 0.2) is 15.8 Å². The molecule has 2 heterocycles. The summed E-state index contributed by atoms with van der Waals surface area (Å²) in [4.78, 5) is 9.31. The molecule has 26 heavy (non-hydrogen) atoms. The Morgan fingerprint density at radius 2 is 2.08 bits per heavy atom. The normalized spacial score (nSPS) is 23.3. The van der Waals surface area contributed by atoms with Gasteiger partial charge in [-0.15, -0.1) is 0 Å². The van der Waals surface area contributed by atoms with Crippen LogP contribution in [-0.2, 0) is 9.84 Å². The molecule has 1 aromatic rings. The minimum atomic E-state index is -2.84. The summed E-state index contributed by atoms with van der Waals surface area (Å²) in [6.45, 7) is 7.00. The monoisotopic (exact) mass is 398 g/mol. The predicted molar refractivity (Wildman–Crippen MR) is 108 cm³/mol. The summed E-state index contributed by atoms with van der Waals surface area (Å²) in [6, 6.07) is 7.95. The van der Waals surface area contributed by atoms with Crippen molar-refractivity contribution in [3.8, 4) is 0 Å². The van der Waals surface area contributed by atoms with Gasteiger partial charge in [0.25, 0.3) is 0 Å². The van der Waals surface area contributed by atoms with Crippen molar-refractivity contribution in [1.82, 2.24) is 10.2 Å². The fraction of sp³-hybridized carbons (Fsp3) is 0.611. The number of nitrogens with one attached hydrogen (secondary N) is 1. The van der Waals surface area contributed by atoms with Gasteiger partial charge in [0.05, 0.1) is 11.5 Å². The van der Waals surface area contributed by atoms with Crippen molar-refractivity contribution in [2.45, 2.75) is 13.3 Å². The second-order valence-electron chi connectivity index (χ2n) is 6.92. The summed E-state index contributed by atoms with van der Waals surface area (Å²) >= 11 is 6.10. The molecule has 2 aliphatic rings. The number of hydrogen-bond acceptors (Lipinski definition) is 4. The number of halogens is 1. The van der Waals surface area contributed by atoms with Crippen molar-refractivity contribution < 1.29 is 8.42 Å². The molecule has 0 spiro atoms. The fourth-order valence-electron chi connectivity index (χ4n) is 3.51. The Balaban J connectivity index is 1.58. The summed E-state index contributed by atoms with van der Waals surface area (Å²) in [7, 11) is -2.84. The van der Waals surface area contributed by atoms with E-state index in [4.69, 9.17) is 16.6 Å². The molecule has 3 rings (SSSR count). The highest BCUT2D eigenvalue weighted by molar-refractivity contribution is 7.91. The van der Waals surface area contributed by atoms with E-state index in [1.807, 2.05) is 18.2 Å². The molecule has 8 heteroatoms. The zero-order valence-corrected chi connectivity index (χ0v) is 16.8. The van der Waals surface area contributed by atoms with Crippen molar-refractivity contribution >= 4 is 33.1 Å². The van der Waals surface area contributed by atoms with Crippen molar-refractivity contribution in [1.29, 1.82) is 0 Å². The highest BCUT2D eigenvalue weighted by Gasteiger charge is 2.28. The van der Waals surface area contributed by atoms with Crippen LogP contribution in [0.15, 0.2) is 29.3 Å². The first-order valence-electron chi connectivity index (χ1n) is 9.21. The van der Waals surface area contributed by atoms with Crippen molar-refractivity contribution in [2.75, 3.05) is 55.7 Å². The van der Waals surface area contributed by atoms with Crippen LogP contribution in [0.1, 0.15) is 13.3 Å². The van der Waals surface area contributed by atoms with Crippen molar-refractivity contribution in [3.05, 3.63) is 29.3 Å². The van der Waals surface area contributed by atoms with E-state index in [0.29, 0.717) is 12.3 Å². The summed E-state index contributed by atoms with van der Waals surface area (Å²) in [5.74, 6) is 1.63. The molecule has 0 radical (unpaired) electrons. The van der Waals surface area contributed by atoms with E-state index in [1.165, 1.54) is 0 Å². The predicted octanol–water partition coefficient (Wildman–Crippen LogP) is 1.86. The Morgan fingerprint density at radius 1 is 1.31 bits per heavy atom. The van der Waals surface area contributed by atoms with E-state index >= 15 is 0 Å². The Hall–Kier alpha value is -1.47. The van der Waals surface area contributed by atoms with Gasteiger partial charge in [-0.3, -0.25) is 4.99 Å². The van der Waals surface area contributed by atoms with Gasteiger partial charge < -0.3 is 15.1 Å². The van der Waals surface area contributed by atoms with Gasteiger partial charge in [0, 0.05) is 50.0 Å². The van der Waals surface area contributed by atoms with Gasteiger partial charge in [0.2, 0.25) is 0 Å². The number of piperazine rings is 1. The summed E-state index contributed by atoms with van der Waals surface area (Å²) in [5, 5.41) is 4.10. The number of nitrogens with zero attached hydrogens (tertiary/aromatic N) is 3. The maximum Gasteiger partial charge on any atom is 0.194 e. The topological polar surface area (TPSA) is 65.0 Å². The van der Waals surface area contributed by atoms with E-state index in [9.17, 15) is 8.42 Å². The Morgan fingerprint density at radius 3 is 2.69 bits per heavy atom. The van der Waals surface area contributed by atoms with Gasteiger partial charge in [-0.1, -0.05) is 17.7 Å². The Kier molecular flexibility index (Phi) is 6.29. The van der Waals surface area contributed by atoms with E-state index in [2.05, 4.69) is 28.1 Å². The molecule has 1 N–H and O–H groups in total. The number of sulfone groups is 1. The number of anilines is 1. The number of guanidine groups is 1.